The van der Waals surface area contributed by atoms with E-state index in [1.807, 2.05) is 0 Å². The molecule has 19 heavy (non-hydrogen) atoms. The molecule has 3 fully saturated rings. The lowest BCUT2D eigenvalue weighted by Gasteiger charge is -2.32. The molecule has 2 saturated heterocycles. The van der Waals surface area contributed by atoms with E-state index in [2.05, 4.69) is 9.80 Å². The Morgan fingerprint density at radius 2 is 1.16 bits per heavy atom. The summed E-state index contributed by atoms with van der Waals surface area (Å²) in [5, 5.41) is 0. The largest absolute Gasteiger partial charge is 0.303 e. The maximum Gasteiger partial charge on any atom is 0.141 e. The van der Waals surface area contributed by atoms with Gasteiger partial charge in [-0.1, -0.05) is 6.42 Å². The van der Waals surface area contributed by atoms with Crippen LogP contribution in [0.5, 0.6) is 0 Å². The molecule has 0 bridgehead atoms. The fourth-order valence-electron chi connectivity index (χ4n) is 4.14. The van der Waals surface area contributed by atoms with Crippen LogP contribution in [0.25, 0.3) is 0 Å². The molecule has 1 aliphatic carbocycles. The topological polar surface area (TPSA) is 23.6 Å². The lowest BCUT2D eigenvalue weighted by atomic mass is 9.79. The Morgan fingerprint density at radius 3 is 1.58 bits per heavy atom. The number of hydrogen-bond donors (Lipinski definition) is 0. The van der Waals surface area contributed by atoms with Gasteiger partial charge in [0.25, 0.3) is 0 Å². The molecule has 1 saturated carbocycles. The Morgan fingerprint density at radius 1 is 0.737 bits per heavy atom. The van der Waals surface area contributed by atoms with Crippen molar-refractivity contribution in [3.63, 3.8) is 0 Å². The van der Waals surface area contributed by atoms with Gasteiger partial charge in [0.2, 0.25) is 0 Å². The van der Waals surface area contributed by atoms with E-state index in [0.29, 0.717) is 17.6 Å². The van der Waals surface area contributed by atoms with Crippen molar-refractivity contribution in [1.82, 2.24) is 9.80 Å². The highest BCUT2D eigenvalue weighted by Gasteiger charge is 2.33. The molecule has 0 amide bonds. The van der Waals surface area contributed by atoms with E-state index >= 15 is 0 Å². The third-order valence-electron chi connectivity index (χ3n) is 5.26. The van der Waals surface area contributed by atoms with Crippen LogP contribution in [-0.2, 0) is 4.79 Å². The van der Waals surface area contributed by atoms with Crippen molar-refractivity contribution in [1.29, 1.82) is 0 Å². The number of hydrogen-bond acceptors (Lipinski definition) is 3. The van der Waals surface area contributed by atoms with Crippen LogP contribution in [0.15, 0.2) is 0 Å². The SMILES string of the molecule is O=C1[C@@H](CN2CCCC2)CCC[C@@H]1CN1CCCC1. The molecule has 0 radical (unpaired) electrons. The van der Waals surface area contributed by atoms with Crippen molar-refractivity contribution >= 4 is 5.78 Å². The zero-order valence-corrected chi connectivity index (χ0v) is 12.1. The summed E-state index contributed by atoms with van der Waals surface area (Å²) in [7, 11) is 0. The van der Waals surface area contributed by atoms with Crippen LogP contribution in [0.4, 0.5) is 0 Å². The molecule has 0 aromatic heterocycles. The van der Waals surface area contributed by atoms with Crippen LogP contribution in [0.3, 0.4) is 0 Å². The summed E-state index contributed by atoms with van der Waals surface area (Å²) in [6, 6.07) is 0. The fraction of sp³-hybridized carbons (Fsp3) is 0.938. The second-order valence-corrected chi connectivity index (χ2v) is 6.74. The number of nitrogens with zero attached hydrogens (tertiary/aromatic N) is 2. The number of likely N-dealkylation sites (tertiary alicyclic amines) is 2. The number of carbonyl (C=O) groups excluding carboxylic acids is 1. The van der Waals surface area contributed by atoms with Crippen molar-refractivity contribution in [3.8, 4) is 0 Å². The maximum absolute atomic E-state index is 12.6. The first-order valence-corrected chi connectivity index (χ1v) is 8.31. The zero-order chi connectivity index (χ0) is 13.1. The van der Waals surface area contributed by atoms with E-state index in [1.165, 1.54) is 58.3 Å². The quantitative estimate of drug-likeness (QED) is 0.777. The molecule has 3 nitrogen and oxygen atoms in total. The van der Waals surface area contributed by atoms with Gasteiger partial charge in [0.05, 0.1) is 0 Å². The van der Waals surface area contributed by atoms with Gasteiger partial charge >= 0.3 is 0 Å². The van der Waals surface area contributed by atoms with E-state index in [4.69, 9.17) is 0 Å². The van der Waals surface area contributed by atoms with Gasteiger partial charge < -0.3 is 9.80 Å². The predicted octanol–water partition coefficient (Wildman–Crippen LogP) is 2.16. The van der Waals surface area contributed by atoms with Crippen LogP contribution in [-0.4, -0.2) is 54.9 Å². The van der Waals surface area contributed by atoms with E-state index in [9.17, 15) is 4.79 Å². The Kier molecular flexibility index (Phi) is 4.54. The summed E-state index contributed by atoms with van der Waals surface area (Å²) < 4.78 is 0. The fourth-order valence-corrected chi connectivity index (χ4v) is 4.14. The molecule has 0 unspecified atom stereocenters. The minimum atomic E-state index is 0.347. The third kappa shape index (κ3) is 3.38. The highest BCUT2D eigenvalue weighted by molar-refractivity contribution is 5.84. The van der Waals surface area contributed by atoms with Crippen molar-refractivity contribution in [2.45, 2.75) is 44.9 Å². The first kappa shape index (κ1) is 13.6. The average molecular weight is 264 g/mol. The minimum absolute atomic E-state index is 0.347. The predicted molar refractivity (Wildman–Crippen MR) is 77.2 cm³/mol. The van der Waals surface area contributed by atoms with Gasteiger partial charge in [0, 0.05) is 24.9 Å². The number of rotatable bonds is 4. The molecular weight excluding hydrogens is 236 g/mol. The van der Waals surface area contributed by atoms with E-state index in [0.717, 1.165) is 25.9 Å². The molecule has 0 aromatic carbocycles. The zero-order valence-electron chi connectivity index (χ0n) is 12.1. The monoisotopic (exact) mass is 264 g/mol. The molecule has 3 heteroatoms. The lowest BCUT2D eigenvalue weighted by Crippen LogP contribution is -2.41. The van der Waals surface area contributed by atoms with Gasteiger partial charge in [-0.05, 0) is 64.7 Å². The standard InChI is InChI=1S/C16H28N2O/c19-16-14(12-17-8-1-2-9-17)6-5-7-15(16)13-18-10-3-4-11-18/h14-15H,1-13H2/t14-,15-/m1/s1. The average Bonchev–Trinajstić information content (AvgIpc) is 3.07. The summed E-state index contributed by atoms with van der Waals surface area (Å²) in [6.45, 7) is 6.99. The summed E-state index contributed by atoms with van der Waals surface area (Å²) in [6.07, 6.45) is 8.88. The van der Waals surface area contributed by atoms with Gasteiger partial charge in [-0.3, -0.25) is 4.79 Å². The number of carbonyl (C=O) groups is 1. The summed E-state index contributed by atoms with van der Waals surface area (Å²) in [5.41, 5.74) is 0. The molecule has 2 atom stereocenters. The molecule has 2 heterocycles. The molecule has 2 aliphatic heterocycles. The third-order valence-corrected chi connectivity index (χ3v) is 5.26. The summed E-state index contributed by atoms with van der Waals surface area (Å²) >= 11 is 0. The van der Waals surface area contributed by atoms with Crippen molar-refractivity contribution in [2.75, 3.05) is 39.3 Å². The second-order valence-electron chi connectivity index (χ2n) is 6.74. The molecule has 0 N–H and O–H groups in total. The van der Waals surface area contributed by atoms with E-state index in [1.54, 1.807) is 0 Å². The summed E-state index contributed by atoms with van der Waals surface area (Å²) in [5.74, 6) is 1.28. The van der Waals surface area contributed by atoms with Crippen LogP contribution < -0.4 is 0 Å². The normalized spacial score (nSPS) is 34.2. The van der Waals surface area contributed by atoms with Gasteiger partial charge in [0.1, 0.15) is 5.78 Å². The van der Waals surface area contributed by atoms with Gasteiger partial charge in [-0.25, -0.2) is 0 Å². The van der Waals surface area contributed by atoms with Gasteiger partial charge in [-0.15, -0.1) is 0 Å². The Hall–Kier alpha value is -0.410. The van der Waals surface area contributed by atoms with Crippen LogP contribution in [0.1, 0.15) is 44.9 Å². The van der Waals surface area contributed by atoms with Crippen molar-refractivity contribution in [3.05, 3.63) is 0 Å². The summed E-state index contributed by atoms with van der Waals surface area (Å²) in [4.78, 5) is 17.7. The number of Topliss-reactive ketones (excluding diaryl/α,β-unsaturated/α-hetero) is 1. The molecule has 0 spiro atoms. The first-order valence-electron chi connectivity index (χ1n) is 8.31. The Labute approximate surface area is 117 Å². The first-order chi connectivity index (χ1) is 9.33. The van der Waals surface area contributed by atoms with Crippen LogP contribution in [0, 0.1) is 11.8 Å². The van der Waals surface area contributed by atoms with Crippen molar-refractivity contribution in [2.24, 2.45) is 11.8 Å². The van der Waals surface area contributed by atoms with E-state index < -0.39 is 0 Å². The van der Waals surface area contributed by atoms with Crippen molar-refractivity contribution < 1.29 is 4.79 Å². The van der Waals surface area contributed by atoms with E-state index in [-0.39, 0.29) is 0 Å². The van der Waals surface area contributed by atoms with Gasteiger partial charge in [-0.2, -0.15) is 0 Å². The van der Waals surface area contributed by atoms with Crippen LogP contribution >= 0.6 is 0 Å². The molecule has 3 aliphatic rings. The van der Waals surface area contributed by atoms with Crippen LogP contribution in [0.2, 0.25) is 0 Å². The molecule has 0 aromatic rings. The smallest absolute Gasteiger partial charge is 0.141 e. The highest BCUT2D eigenvalue weighted by Crippen LogP contribution is 2.28. The lowest BCUT2D eigenvalue weighted by molar-refractivity contribution is -0.130. The molecule has 3 rings (SSSR count). The molecule has 108 valence electrons. The Bertz CT molecular complexity index is 278. The minimum Gasteiger partial charge on any atom is -0.303 e. The maximum atomic E-state index is 12.6. The highest BCUT2D eigenvalue weighted by atomic mass is 16.1. The molecular formula is C16H28N2O. The number of ketones is 1. The second kappa shape index (κ2) is 6.36. The Balaban J connectivity index is 1.52. The van der Waals surface area contributed by atoms with Gasteiger partial charge in [0.15, 0.2) is 0 Å².